The number of methoxy groups -OCH3 is 2. The Morgan fingerprint density at radius 1 is 1.32 bits per heavy atom. The van der Waals surface area contributed by atoms with Crippen molar-refractivity contribution in [3.63, 3.8) is 0 Å². The lowest BCUT2D eigenvalue weighted by atomic mass is 9.87. The third kappa shape index (κ3) is 9.06. The summed E-state index contributed by atoms with van der Waals surface area (Å²) in [5.74, 6) is 0.849. The largest absolute Gasteiger partial charge is 0.495 e. The molecule has 2 N–H and O–H groups in total. The number of alkyl carbamates (subject to hydrolysis) is 1. The number of carbonyl (C=O) groups excluding carboxylic acids is 2. The minimum Gasteiger partial charge on any atom is -0.495 e. The lowest BCUT2D eigenvalue weighted by Gasteiger charge is -2.30. The fraction of sp³-hybridized carbons (Fsp3) is 0.613. The second-order valence-electron chi connectivity index (χ2n) is 11.4. The molecule has 0 spiro atoms. The summed E-state index contributed by atoms with van der Waals surface area (Å²) in [6.45, 7) is 8.67. The van der Waals surface area contributed by atoms with Crippen LogP contribution in [0.4, 0.5) is 4.79 Å². The molecule has 6 unspecified atom stereocenters. The van der Waals surface area contributed by atoms with Crippen molar-refractivity contribution in [3.8, 4) is 5.75 Å². The third-order valence-electron chi connectivity index (χ3n) is 7.70. The van der Waals surface area contributed by atoms with Crippen LogP contribution in [0.5, 0.6) is 5.75 Å². The highest BCUT2D eigenvalue weighted by atomic mass is 35.5. The van der Waals surface area contributed by atoms with Crippen LogP contribution in [0.15, 0.2) is 35.9 Å². The molecule has 8 nitrogen and oxygen atoms in total. The van der Waals surface area contributed by atoms with Gasteiger partial charge in [0.15, 0.2) is 0 Å². The lowest BCUT2D eigenvalue weighted by Crippen LogP contribution is -2.48. The average Bonchev–Trinajstić information content (AvgIpc) is 3.57. The molecule has 0 saturated carbocycles. The first-order chi connectivity index (χ1) is 18.9. The molecule has 2 aliphatic rings. The van der Waals surface area contributed by atoms with Gasteiger partial charge in [0, 0.05) is 32.3 Å². The third-order valence-corrected chi connectivity index (χ3v) is 8.13. The Morgan fingerprint density at radius 2 is 2.08 bits per heavy atom. The number of ether oxygens (including phenoxy) is 4. The van der Waals surface area contributed by atoms with Crippen LogP contribution in [0.25, 0.3) is 0 Å². The molecule has 2 aliphatic heterocycles. The van der Waals surface area contributed by atoms with Crippen molar-refractivity contribution < 1.29 is 33.6 Å². The molecule has 2 heterocycles. The first-order valence-corrected chi connectivity index (χ1v) is 14.3. The average molecular weight is 578 g/mol. The van der Waals surface area contributed by atoms with E-state index in [9.17, 15) is 14.7 Å². The number of rotatable bonds is 15. The molecule has 1 amide bonds. The highest BCUT2D eigenvalue weighted by molar-refractivity contribution is 6.32. The van der Waals surface area contributed by atoms with E-state index in [2.05, 4.69) is 31.3 Å². The number of benzene rings is 1. The predicted molar refractivity (Wildman–Crippen MR) is 155 cm³/mol. The number of aliphatic hydroxyl groups is 1. The quantitative estimate of drug-likeness (QED) is 0.207. The van der Waals surface area contributed by atoms with Crippen molar-refractivity contribution >= 4 is 23.5 Å². The fourth-order valence-corrected chi connectivity index (χ4v) is 5.74. The van der Waals surface area contributed by atoms with Crippen molar-refractivity contribution in [1.82, 2.24) is 5.32 Å². The lowest BCUT2D eigenvalue weighted by molar-refractivity contribution is -0.120. The molecule has 1 aromatic rings. The minimum atomic E-state index is -0.917. The van der Waals surface area contributed by atoms with Crippen molar-refractivity contribution in [2.75, 3.05) is 20.8 Å². The predicted octanol–water partition coefficient (Wildman–Crippen LogP) is 5.57. The Kier molecular flexibility index (Phi) is 11.6. The molecule has 3 rings (SSSR count). The van der Waals surface area contributed by atoms with Gasteiger partial charge in [-0.25, -0.2) is 4.79 Å². The van der Waals surface area contributed by atoms with E-state index in [0.29, 0.717) is 49.5 Å². The zero-order valence-electron chi connectivity index (χ0n) is 24.5. The maximum atomic E-state index is 12.9. The zero-order chi connectivity index (χ0) is 29.4. The van der Waals surface area contributed by atoms with Gasteiger partial charge in [-0.1, -0.05) is 55.3 Å². The van der Waals surface area contributed by atoms with Crippen LogP contribution in [0.1, 0.15) is 64.5 Å². The summed E-state index contributed by atoms with van der Waals surface area (Å²) < 4.78 is 21.9. The van der Waals surface area contributed by atoms with Gasteiger partial charge in [0.1, 0.15) is 23.9 Å². The number of hydrogen-bond donors (Lipinski definition) is 2. The maximum absolute atomic E-state index is 12.9. The Labute approximate surface area is 243 Å². The van der Waals surface area contributed by atoms with Crippen molar-refractivity contribution in [2.45, 2.75) is 90.3 Å². The molecule has 0 aliphatic carbocycles. The van der Waals surface area contributed by atoms with Crippen LogP contribution in [0, 0.1) is 11.8 Å². The fourth-order valence-electron chi connectivity index (χ4n) is 5.48. The summed E-state index contributed by atoms with van der Waals surface area (Å²) in [4.78, 5) is 24.5. The number of aliphatic hydroxyl groups excluding tert-OH is 1. The van der Waals surface area contributed by atoms with Gasteiger partial charge < -0.3 is 24.1 Å². The number of nitrogens with one attached hydrogen (secondary N) is 1. The summed E-state index contributed by atoms with van der Waals surface area (Å²) in [6, 6.07) is 4.08. The number of allylic oxidation sites excluding steroid dienone is 3. The number of amides is 1. The standard InChI is InChI=1S/C31H44ClNO7/c1-19(9-7-8-12-37-5)13-22-16-23(28(32)26(17-22)38-6)14-20(2)15-24(34)10-11-31(4)29(40-31)21(3)25-18-27(35)33-30(36)39-25/h7-9,16-17,20-21,25,27,29,35H,10-15,18H2,1-6H3,(H,33,36). The molecule has 9 heteroatoms. The van der Waals surface area contributed by atoms with Gasteiger partial charge in [0.25, 0.3) is 0 Å². The number of halogens is 1. The molecule has 1 aromatic carbocycles. The normalized spacial score (nSPS) is 26.2. The van der Waals surface area contributed by atoms with E-state index in [1.54, 1.807) is 14.2 Å². The van der Waals surface area contributed by atoms with Gasteiger partial charge in [-0.3, -0.25) is 10.1 Å². The summed E-state index contributed by atoms with van der Waals surface area (Å²) >= 11 is 6.66. The number of hydrogen-bond acceptors (Lipinski definition) is 7. The van der Waals surface area contributed by atoms with Crippen LogP contribution in [-0.2, 0) is 31.8 Å². The van der Waals surface area contributed by atoms with E-state index in [1.165, 1.54) is 5.57 Å². The van der Waals surface area contributed by atoms with E-state index >= 15 is 0 Å². The molecular formula is C31H44ClNO7. The van der Waals surface area contributed by atoms with Crippen molar-refractivity contribution in [3.05, 3.63) is 52.1 Å². The monoisotopic (exact) mass is 577 g/mol. The number of carbonyl (C=O) groups is 2. The Morgan fingerprint density at radius 3 is 2.75 bits per heavy atom. The Hall–Kier alpha value is -2.39. The van der Waals surface area contributed by atoms with Crippen molar-refractivity contribution in [1.29, 1.82) is 0 Å². The number of epoxide rings is 1. The summed E-state index contributed by atoms with van der Waals surface area (Å²) in [5.41, 5.74) is 2.85. The molecule has 222 valence electrons. The van der Waals surface area contributed by atoms with Gasteiger partial charge in [-0.15, -0.1) is 0 Å². The first-order valence-electron chi connectivity index (χ1n) is 14.0. The zero-order valence-corrected chi connectivity index (χ0v) is 25.3. The molecule has 2 fully saturated rings. The summed E-state index contributed by atoms with van der Waals surface area (Å²) in [6.07, 6.45) is 7.14. The van der Waals surface area contributed by atoms with Crippen LogP contribution in [-0.4, -0.2) is 61.8 Å². The molecule has 2 saturated heterocycles. The molecule has 0 bridgehead atoms. The number of Topliss-reactive ketones (excluding diaryl/α,β-unsaturated/α-hetero) is 1. The van der Waals surface area contributed by atoms with E-state index < -0.39 is 24.0 Å². The first kappa shape index (κ1) is 32.1. The van der Waals surface area contributed by atoms with E-state index in [0.717, 1.165) is 17.5 Å². The number of ketones is 1. The maximum Gasteiger partial charge on any atom is 0.409 e. The van der Waals surface area contributed by atoms with Crippen molar-refractivity contribution in [2.24, 2.45) is 11.8 Å². The Balaban J connectivity index is 1.52. The number of cyclic esters (lactones) is 1. The van der Waals surface area contributed by atoms with Crippen LogP contribution in [0.3, 0.4) is 0 Å². The van der Waals surface area contributed by atoms with E-state index in [-0.39, 0.29) is 23.7 Å². The molecular weight excluding hydrogens is 534 g/mol. The molecule has 0 radical (unpaired) electrons. The van der Waals surface area contributed by atoms with E-state index in [1.807, 2.05) is 32.1 Å². The highest BCUT2D eigenvalue weighted by Gasteiger charge is 2.57. The highest BCUT2D eigenvalue weighted by Crippen LogP contribution is 2.47. The van der Waals surface area contributed by atoms with Gasteiger partial charge in [0.05, 0.1) is 30.4 Å². The topological polar surface area (TPSA) is 107 Å². The minimum absolute atomic E-state index is 0.0796. The molecule has 40 heavy (non-hydrogen) atoms. The Bertz CT molecular complexity index is 1100. The molecule has 6 atom stereocenters. The van der Waals surface area contributed by atoms with Gasteiger partial charge in [0.2, 0.25) is 0 Å². The van der Waals surface area contributed by atoms with Crippen LogP contribution < -0.4 is 10.1 Å². The smallest absolute Gasteiger partial charge is 0.409 e. The van der Waals surface area contributed by atoms with Gasteiger partial charge in [-0.05, 0) is 56.2 Å². The molecule has 0 aromatic heterocycles. The summed E-state index contributed by atoms with van der Waals surface area (Å²) in [5, 5.41) is 12.7. The van der Waals surface area contributed by atoms with Gasteiger partial charge >= 0.3 is 6.09 Å². The SMILES string of the molecule is COCC=CC=C(C)Cc1cc(CC(C)CC(=O)CCC2(C)OC2C(C)C2CC(O)NC(=O)O2)c(Cl)c(OC)c1. The summed E-state index contributed by atoms with van der Waals surface area (Å²) in [7, 11) is 3.28. The van der Waals surface area contributed by atoms with E-state index in [4.69, 9.17) is 30.5 Å². The van der Waals surface area contributed by atoms with Gasteiger partial charge in [-0.2, -0.15) is 0 Å². The second-order valence-corrected chi connectivity index (χ2v) is 11.8. The second kappa shape index (κ2) is 14.5. The van der Waals surface area contributed by atoms with Crippen LogP contribution in [0.2, 0.25) is 5.02 Å². The van der Waals surface area contributed by atoms with Crippen LogP contribution >= 0.6 is 11.6 Å².